The van der Waals surface area contributed by atoms with Gasteiger partial charge in [0, 0.05) is 16.1 Å². The van der Waals surface area contributed by atoms with E-state index in [1.165, 1.54) is 0 Å². The van der Waals surface area contributed by atoms with Crippen molar-refractivity contribution in [1.82, 2.24) is 25.8 Å². The second-order valence-corrected chi connectivity index (χ2v) is 6.19. The summed E-state index contributed by atoms with van der Waals surface area (Å²) in [5.74, 6) is 0.560. The number of halogens is 1. The van der Waals surface area contributed by atoms with E-state index in [0.29, 0.717) is 33.8 Å². The molecule has 0 aliphatic rings. The van der Waals surface area contributed by atoms with Gasteiger partial charge >= 0.3 is 0 Å². The number of hydrogen-bond donors (Lipinski definition) is 2. The van der Waals surface area contributed by atoms with Crippen molar-refractivity contribution < 1.29 is 14.1 Å². The zero-order chi connectivity index (χ0) is 18.1. The van der Waals surface area contributed by atoms with Crippen LogP contribution in [0.5, 0.6) is 5.75 Å². The summed E-state index contributed by atoms with van der Waals surface area (Å²) in [6.07, 6.45) is 0. The Morgan fingerprint density at radius 2 is 2.15 bits per heavy atom. The van der Waals surface area contributed by atoms with Gasteiger partial charge in [-0.25, -0.2) is 0 Å². The smallest absolute Gasteiger partial charge is 0.278 e. The summed E-state index contributed by atoms with van der Waals surface area (Å²) < 4.78 is 11.2. The van der Waals surface area contributed by atoms with E-state index in [1.54, 1.807) is 43.5 Å². The van der Waals surface area contributed by atoms with E-state index in [4.69, 9.17) is 9.26 Å². The molecule has 4 aromatic rings. The van der Waals surface area contributed by atoms with E-state index in [0.717, 1.165) is 4.47 Å². The van der Waals surface area contributed by atoms with E-state index >= 15 is 0 Å². The highest BCUT2D eigenvalue weighted by molar-refractivity contribution is 9.10. The summed E-state index contributed by atoms with van der Waals surface area (Å²) in [4.78, 5) is 12.7. The number of carbonyl (C=O) groups excluding carboxylic acids is 1. The maximum Gasteiger partial charge on any atom is 0.278 e. The Morgan fingerprint density at radius 3 is 2.92 bits per heavy atom. The van der Waals surface area contributed by atoms with Crippen molar-refractivity contribution in [3.8, 4) is 17.1 Å². The number of nitrogens with one attached hydrogen (secondary N) is 2. The zero-order valence-electron chi connectivity index (χ0n) is 13.4. The fraction of sp³-hybridized carbons (Fsp3) is 0.0625. The largest absolute Gasteiger partial charge is 0.497 e. The van der Waals surface area contributed by atoms with Gasteiger partial charge in [0.2, 0.25) is 5.82 Å². The molecule has 26 heavy (non-hydrogen) atoms. The molecule has 2 aromatic heterocycles. The Hall–Kier alpha value is -3.27. The number of aromatic nitrogens is 5. The Kier molecular flexibility index (Phi) is 4.09. The molecule has 0 aliphatic carbocycles. The molecule has 2 N–H and O–H groups in total. The summed E-state index contributed by atoms with van der Waals surface area (Å²) in [7, 11) is 1.55. The number of aromatic amines is 1. The Balaban J connectivity index is 1.69. The number of carbonyl (C=O) groups is 1. The molecule has 0 saturated carbocycles. The third kappa shape index (κ3) is 2.90. The third-order valence-corrected chi connectivity index (χ3v) is 4.20. The van der Waals surface area contributed by atoms with Crippen LogP contribution in [0.15, 0.2) is 45.4 Å². The van der Waals surface area contributed by atoms with Crippen LogP contribution >= 0.6 is 15.9 Å². The van der Waals surface area contributed by atoms with Gasteiger partial charge < -0.3 is 14.6 Å². The first-order valence-electron chi connectivity index (χ1n) is 7.44. The van der Waals surface area contributed by atoms with Crippen LogP contribution < -0.4 is 10.1 Å². The van der Waals surface area contributed by atoms with Gasteiger partial charge in [-0.05, 0) is 35.5 Å². The highest BCUT2D eigenvalue weighted by atomic mass is 79.9. The quantitative estimate of drug-likeness (QED) is 0.526. The normalized spacial score (nSPS) is 10.8. The molecule has 0 bridgehead atoms. The summed E-state index contributed by atoms with van der Waals surface area (Å²) in [5.41, 5.74) is 1.76. The average Bonchev–Trinajstić information content (AvgIpc) is 3.32. The molecule has 10 heteroatoms. The van der Waals surface area contributed by atoms with E-state index in [2.05, 4.69) is 47.0 Å². The molecule has 2 aromatic carbocycles. The molecule has 0 aliphatic heterocycles. The van der Waals surface area contributed by atoms with Crippen molar-refractivity contribution in [2.75, 3.05) is 12.4 Å². The Morgan fingerprint density at radius 1 is 1.27 bits per heavy atom. The number of anilines is 1. The molecule has 0 radical (unpaired) electrons. The molecule has 2 heterocycles. The van der Waals surface area contributed by atoms with Crippen LogP contribution in [0.2, 0.25) is 0 Å². The Labute approximate surface area is 154 Å². The predicted octanol–water partition coefficient (Wildman–Crippen LogP) is 3.03. The van der Waals surface area contributed by atoms with E-state index in [1.807, 2.05) is 0 Å². The number of fused-ring (bicyclic) bond motifs is 1. The molecular weight excluding hydrogens is 404 g/mol. The van der Waals surface area contributed by atoms with Crippen molar-refractivity contribution in [2.24, 2.45) is 0 Å². The minimum atomic E-state index is -0.416. The number of amides is 1. The molecule has 130 valence electrons. The molecule has 0 unspecified atom stereocenters. The number of H-pyrrole nitrogens is 1. The number of ether oxygens (including phenoxy) is 1. The second-order valence-electron chi connectivity index (χ2n) is 5.27. The van der Waals surface area contributed by atoms with Gasteiger partial charge in [-0.3, -0.25) is 4.79 Å². The molecule has 0 saturated heterocycles. The SMILES string of the molecule is COc1ccc2c(C(=O)Nc3ccc(Br)cc3-c3nn[nH]n3)noc2c1. The second kappa shape index (κ2) is 6.56. The lowest BCUT2D eigenvalue weighted by molar-refractivity contribution is 0.102. The molecule has 0 fully saturated rings. The van der Waals surface area contributed by atoms with Gasteiger partial charge in [0.25, 0.3) is 5.91 Å². The number of hydrogen-bond acceptors (Lipinski definition) is 7. The minimum Gasteiger partial charge on any atom is -0.497 e. The van der Waals surface area contributed by atoms with Crippen LogP contribution in [0.4, 0.5) is 5.69 Å². The number of methoxy groups -OCH3 is 1. The van der Waals surface area contributed by atoms with Gasteiger partial charge in [0.1, 0.15) is 5.75 Å². The van der Waals surface area contributed by atoms with Crippen LogP contribution in [0.3, 0.4) is 0 Å². The maximum atomic E-state index is 12.7. The van der Waals surface area contributed by atoms with Crippen LogP contribution in [0.25, 0.3) is 22.4 Å². The van der Waals surface area contributed by atoms with Crippen LogP contribution in [-0.4, -0.2) is 38.8 Å². The lowest BCUT2D eigenvalue weighted by Crippen LogP contribution is -2.13. The minimum absolute atomic E-state index is 0.171. The number of nitrogens with zero attached hydrogens (tertiary/aromatic N) is 4. The lowest BCUT2D eigenvalue weighted by Gasteiger charge is -2.08. The van der Waals surface area contributed by atoms with Crippen molar-refractivity contribution in [2.45, 2.75) is 0 Å². The van der Waals surface area contributed by atoms with Crippen LogP contribution in [0.1, 0.15) is 10.5 Å². The van der Waals surface area contributed by atoms with Gasteiger partial charge in [-0.2, -0.15) is 5.21 Å². The Bertz CT molecular complexity index is 1090. The molecule has 1 amide bonds. The molecular formula is C16H11BrN6O3. The van der Waals surface area contributed by atoms with Crippen LogP contribution in [-0.2, 0) is 0 Å². The zero-order valence-corrected chi connectivity index (χ0v) is 14.9. The van der Waals surface area contributed by atoms with Gasteiger partial charge in [-0.15, -0.1) is 10.2 Å². The summed E-state index contributed by atoms with van der Waals surface area (Å²) in [5, 5.41) is 21.1. The molecule has 0 spiro atoms. The average molecular weight is 415 g/mol. The highest BCUT2D eigenvalue weighted by Crippen LogP contribution is 2.29. The van der Waals surface area contributed by atoms with E-state index < -0.39 is 5.91 Å². The van der Waals surface area contributed by atoms with Crippen molar-refractivity contribution in [1.29, 1.82) is 0 Å². The summed E-state index contributed by atoms with van der Waals surface area (Å²) in [6, 6.07) is 10.4. The topological polar surface area (TPSA) is 119 Å². The fourth-order valence-corrected chi connectivity index (χ4v) is 2.84. The first kappa shape index (κ1) is 16.2. The number of rotatable bonds is 4. The first-order valence-corrected chi connectivity index (χ1v) is 8.23. The highest BCUT2D eigenvalue weighted by Gasteiger charge is 2.19. The van der Waals surface area contributed by atoms with Crippen molar-refractivity contribution in [3.63, 3.8) is 0 Å². The van der Waals surface area contributed by atoms with E-state index in [-0.39, 0.29) is 5.69 Å². The van der Waals surface area contributed by atoms with Crippen molar-refractivity contribution >= 4 is 38.5 Å². The summed E-state index contributed by atoms with van der Waals surface area (Å²) in [6.45, 7) is 0. The summed E-state index contributed by atoms with van der Waals surface area (Å²) >= 11 is 3.39. The lowest BCUT2D eigenvalue weighted by atomic mass is 10.1. The number of tetrazole rings is 1. The van der Waals surface area contributed by atoms with Crippen molar-refractivity contribution in [3.05, 3.63) is 46.6 Å². The molecule has 4 rings (SSSR count). The fourth-order valence-electron chi connectivity index (χ4n) is 2.48. The number of benzene rings is 2. The van der Waals surface area contributed by atoms with Crippen LogP contribution in [0, 0.1) is 0 Å². The monoisotopic (exact) mass is 414 g/mol. The van der Waals surface area contributed by atoms with Gasteiger partial charge in [0.05, 0.1) is 18.2 Å². The molecule has 0 atom stereocenters. The van der Waals surface area contributed by atoms with E-state index in [9.17, 15) is 4.79 Å². The first-order chi connectivity index (χ1) is 12.7. The van der Waals surface area contributed by atoms with Gasteiger partial charge in [-0.1, -0.05) is 21.1 Å². The third-order valence-electron chi connectivity index (χ3n) is 3.71. The molecule has 9 nitrogen and oxygen atoms in total. The maximum absolute atomic E-state index is 12.7. The standard InChI is InChI=1S/C16H11BrN6O3/c1-25-9-3-4-10-13(7-9)26-21-14(10)16(24)18-12-5-2-8(17)6-11(12)15-19-22-23-20-15/h2-7H,1H3,(H,18,24)(H,19,20,22,23). The predicted molar refractivity (Wildman–Crippen MR) is 95.8 cm³/mol. The van der Waals surface area contributed by atoms with Gasteiger partial charge in [0.15, 0.2) is 11.3 Å².